The Hall–Kier alpha value is -2.01. The summed E-state index contributed by atoms with van der Waals surface area (Å²) in [6, 6.07) is 7.60. The van der Waals surface area contributed by atoms with Crippen LogP contribution in [0, 0.1) is 0 Å². The van der Waals surface area contributed by atoms with Crippen molar-refractivity contribution in [3.05, 3.63) is 43.0 Å². The quantitative estimate of drug-likeness (QED) is 0.809. The fraction of sp³-hybridized carbons (Fsp3) is 0.308. The van der Waals surface area contributed by atoms with Crippen LogP contribution in [0.25, 0.3) is 0 Å². The third-order valence-electron chi connectivity index (χ3n) is 2.57. The lowest BCUT2D eigenvalue weighted by Gasteiger charge is -2.13. The van der Waals surface area contributed by atoms with Gasteiger partial charge < -0.3 is 19.7 Å². The van der Waals surface area contributed by atoms with Gasteiger partial charge in [0.1, 0.15) is 18.5 Å². The summed E-state index contributed by atoms with van der Waals surface area (Å²) >= 11 is 0. The maximum atomic E-state index is 9.80. The maximum absolute atomic E-state index is 9.80. The van der Waals surface area contributed by atoms with Crippen molar-refractivity contribution < 1.29 is 9.84 Å². The van der Waals surface area contributed by atoms with Gasteiger partial charge in [-0.05, 0) is 24.3 Å². The van der Waals surface area contributed by atoms with Gasteiger partial charge in [-0.25, -0.2) is 4.98 Å². The van der Waals surface area contributed by atoms with Crippen molar-refractivity contribution >= 4 is 5.69 Å². The van der Waals surface area contributed by atoms with Gasteiger partial charge in [0, 0.05) is 25.1 Å². The van der Waals surface area contributed by atoms with E-state index in [2.05, 4.69) is 10.3 Å². The molecule has 96 valence electrons. The van der Waals surface area contributed by atoms with Crippen LogP contribution in [0.1, 0.15) is 0 Å². The number of nitrogens with one attached hydrogen (secondary N) is 1. The maximum Gasteiger partial charge on any atom is 0.119 e. The molecule has 0 aliphatic heterocycles. The number of nitrogens with zero attached hydrogens (tertiary/aromatic N) is 2. The summed E-state index contributed by atoms with van der Waals surface area (Å²) in [6.45, 7) is 0.742. The normalized spacial score (nSPS) is 12.1. The van der Waals surface area contributed by atoms with Crippen molar-refractivity contribution in [2.75, 3.05) is 19.0 Å². The minimum atomic E-state index is -0.553. The molecular formula is C13H17N3O2. The van der Waals surface area contributed by atoms with Gasteiger partial charge in [0.25, 0.3) is 0 Å². The molecule has 1 aromatic heterocycles. The number of aliphatic hydroxyl groups excluding tert-OH is 1. The zero-order valence-electron chi connectivity index (χ0n) is 10.3. The summed E-state index contributed by atoms with van der Waals surface area (Å²) in [7, 11) is 1.87. The monoisotopic (exact) mass is 247 g/mol. The highest BCUT2D eigenvalue weighted by atomic mass is 16.5. The smallest absolute Gasteiger partial charge is 0.119 e. The molecule has 0 aliphatic carbocycles. The van der Waals surface area contributed by atoms with E-state index in [0.717, 1.165) is 11.4 Å². The molecule has 0 saturated heterocycles. The summed E-state index contributed by atoms with van der Waals surface area (Å²) in [4.78, 5) is 3.92. The van der Waals surface area contributed by atoms with Crippen LogP contribution in [-0.2, 0) is 6.54 Å². The minimum Gasteiger partial charge on any atom is -0.491 e. The second-order valence-electron chi connectivity index (χ2n) is 4.00. The predicted octanol–water partition coefficient (Wildman–Crippen LogP) is 1.36. The van der Waals surface area contributed by atoms with Crippen molar-refractivity contribution in [1.29, 1.82) is 0 Å². The number of aromatic nitrogens is 2. The first-order valence-corrected chi connectivity index (χ1v) is 5.82. The number of aliphatic hydroxyl groups is 1. The number of rotatable bonds is 6. The van der Waals surface area contributed by atoms with Gasteiger partial charge in [-0.3, -0.25) is 0 Å². The molecule has 1 aromatic carbocycles. The number of imidazole rings is 1. The van der Waals surface area contributed by atoms with Gasteiger partial charge in [0.05, 0.1) is 12.9 Å². The largest absolute Gasteiger partial charge is 0.491 e. The Bertz CT molecular complexity index is 454. The van der Waals surface area contributed by atoms with E-state index in [1.807, 2.05) is 42.1 Å². The van der Waals surface area contributed by atoms with E-state index in [1.54, 1.807) is 12.5 Å². The molecule has 1 heterocycles. The Labute approximate surface area is 106 Å². The highest BCUT2D eigenvalue weighted by molar-refractivity contribution is 5.45. The lowest BCUT2D eigenvalue weighted by atomic mass is 10.3. The third-order valence-corrected chi connectivity index (χ3v) is 2.57. The first-order chi connectivity index (χ1) is 8.78. The Morgan fingerprint density at radius 1 is 1.39 bits per heavy atom. The standard InChI is InChI=1S/C13H17N3O2/c1-14-11-2-4-13(5-3-11)18-9-12(17)8-16-7-6-15-10-16/h2-7,10,12,14,17H,8-9H2,1H3. The van der Waals surface area contributed by atoms with Crippen molar-refractivity contribution in [3.8, 4) is 5.75 Å². The average molecular weight is 247 g/mol. The fourth-order valence-corrected chi connectivity index (χ4v) is 1.60. The zero-order chi connectivity index (χ0) is 12.8. The SMILES string of the molecule is CNc1ccc(OCC(O)Cn2ccnc2)cc1. The molecule has 5 nitrogen and oxygen atoms in total. The second-order valence-corrected chi connectivity index (χ2v) is 4.00. The van der Waals surface area contributed by atoms with E-state index in [4.69, 9.17) is 4.74 Å². The fourth-order valence-electron chi connectivity index (χ4n) is 1.60. The molecular weight excluding hydrogens is 230 g/mol. The Morgan fingerprint density at radius 3 is 2.78 bits per heavy atom. The van der Waals surface area contributed by atoms with Gasteiger partial charge in [-0.2, -0.15) is 0 Å². The number of anilines is 1. The molecule has 0 amide bonds. The molecule has 2 N–H and O–H groups in total. The molecule has 2 aromatic rings. The molecule has 0 aliphatic rings. The average Bonchev–Trinajstić information content (AvgIpc) is 2.90. The van der Waals surface area contributed by atoms with Crippen LogP contribution in [0.2, 0.25) is 0 Å². The van der Waals surface area contributed by atoms with Crippen LogP contribution >= 0.6 is 0 Å². The Balaban J connectivity index is 1.79. The van der Waals surface area contributed by atoms with Crippen molar-refractivity contribution in [3.63, 3.8) is 0 Å². The molecule has 0 fully saturated rings. The van der Waals surface area contributed by atoms with Crippen LogP contribution in [-0.4, -0.2) is 34.4 Å². The summed E-state index contributed by atoms with van der Waals surface area (Å²) in [6.07, 6.45) is 4.61. The van der Waals surface area contributed by atoms with Crippen LogP contribution in [0.4, 0.5) is 5.69 Å². The van der Waals surface area contributed by atoms with Crippen molar-refractivity contribution in [2.24, 2.45) is 0 Å². The third kappa shape index (κ3) is 3.49. The van der Waals surface area contributed by atoms with E-state index in [1.165, 1.54) is 0 Å². The summed E-state index contributed by atoms with van der Waals surface area (Å²) in [5.41, 5.74) is 1.03. The molecule has 0 saturated carbocycles. The number of hydrogen-bond donors (Lipinski definition) is 2. The molecule has 0 bridgehead atoms. The molecule has 2 rings (SSSR count). The Morgan fingerprint density at radius 2 is 2.17 bits per heavy atom. The highest BCUT2D eigenvalue weighted by Crippen LogP contribution is 2.15. The van der Waals surface area contributed by atoms with Crippen molar-refractivity contribution in [1.82, 2.24) is 9.55 Å². The summed E-state index contributed by atoms with van der Waals surface area (Å²) < 4.78 is 7.32. The van der Waals surface area contributed by atoms with Crippen LogP contribution in [0.5, 0.6) is 5.75 Å². The highest BCUT2D eigenvalue weighted by Gasteiger charge is 2.06. The van der Waals surface area contributed by atoms with Crippen molar-refractivity contribution in [2.45, 2.75) is 12.6 Å². The summed E-state index contributed by atoms with van der Waals surface area (Å²) in [5, 5.41) is 12.8. The zero-order valence-corrected chi connectivity index (χ0v) is 10.3. The van der Waals surface area contributed by atoms with E-state index in [9.17, 15) is 5.11 Å². The summed E-state index contributed by atoms with van der Waals surface area (Å²) in [5.74, 6) is 0.749. The number of benzene rings is 1. The van der Waals surface area contributed by atoms with Gasteiger partial charge in [0.2, 0.25) is 0 Å². The van der Waals surface area contributed by atoms with E-state index >= 15 is 0 Å². The number of ether oxygens (including phenoxy) is 1. The topological polar surface area (TPSA) is 59.3 Å². The molecule has 0 spiro atoms. The molecule has 0 radical (unpaired) electrons. The predicted molar refractivity (Wildman–Crippen MR) is 69.7 cm³/mol. The van der Waals surface area contributed by atoms with Gasteiger partial charge in [-0.1, -0.05) is 0 Å². The van der Waals surface area contributed by atoms with E-state index in [-0.39, 0.29) is 6.61 Å². The van der Waals surface area contributed by atoms with Crippen LogP contribution in [0.15, 0.2) is 43.0 Å². The molecule has 1 unspecified atom stereocenters. The van der Waals surface area contributed by atoms with Crippen LogP contribution < -0.4 is 10.1 Å². The van der Waals surface area contributed by atoms with Gasteiger partial charge >= 0.3 is 0 Å². The minimum absolute atomic E-state index is 0.261. The lowest BCUT2D eigenvalue weighted by Crippen LogP contribution is -2.22. The first-order valence-electron chi connectivity index (χ1n) is 5.82. The first kappa shape index (κ1) is 12.4. The Kier molecular flexibility index (Phi) is 4.20. The molecule has 5 heteroatoms. The van der Waals surface area contributed by atoms with Gasteiger partial charge in [-0.15, -0.1) is 0 Å². The van der Waals surface area contributed by atoms with E-state index < -0.39 is 6.10 Å². The molecule has 1 atom stereocenters. The van der Waals surface area contributed by atoms with E-state index in [0.29, 0.717) is 6.54 Å². The number of hydrogen-bond acceptors (Lipinski definition) is 4. The second kappa shape index (κ2) is 6.07. The lowest BCUT2D eigenvalue weighted by molar-refractivity contribution is 0.0925. The molecule has 18 heavy (non-hydrogen) atoms. The van der Waals surface area contributed by atoms with Gasteiger partial charge in [0.15, 0.2) is 0 Å². The van der Waals surface area contributed by atoms with Crippen LogP contribution in [0.3, 0.4) is 0 Å².